The summed E-state index contributed by atoms with van der Waals surface area (Å²) in [6.07, 6.45) is 0.887. The van der Waals surface area contributed by atoms with E-state index in [-0.39, 0.29) is 11.9 Å². The third kappa shape index (κ3) is 3.48. The second kappa shape index (κ2) is 7.34. The topological polar surface area (TPSA) is 46.9 Å². The third-order valence-electron chi connectivity index (χ3n) is 4.38. The van der Waals surface area contributed by atoms with Gasteiger partial charge in [0.05, 0.1) is 16.9 Å². The van der Waals surface area contributed by atoms with E-state index in [2.05, 4.69) is 12.2 Å². The second-order valence-corrected chi connectivity index (χ2v) is 6.21. The van der Waals surface area contributed by atoms with Crippen molar-refractivity contribution >= 4 is 5.91 Å². The van der Waals surface area contributed by atoms with Crippen LogP contribution in [0.1, 0.15) is 36.3 Å². The molecule has 0 aliphatic rings. The first-order chi connectivity index (χ1) is 12.1. The number of amides is 1. The van der Waals surface area contributed by atoms with Gasteiger partial charge in [0.1, 0.15) is 5.69 Å². The van der Waals surface area contributed by atoms with Gasteiger partial charge in [-0.25, -0.2) is 4.68 Å². The van der Waals surface area contributed by atoms with Crippen LogP contribution in [0, 0.1) is 6.92 Å². The van der Waals surface area contributed by atoms with Crippen LogP contribution in [0.15, 0.2) is 60.7 Å². The summed E-state index contributed by atoms with van der Waals surface area (Å²) in [5.74, 6) is -0.0760. The van der Waals surface area contributed by atoms with Gasteiger partial charge in [-0.2, -0.15) is 5.10 Å². The Balaban J connectivity index is 2.14. The number of rotatable bonds is 5. The van der Waals surface area contributed by atoms with Crippen molar-refractivity contribution in [2.45, 2.75) is 33.2 Å². The molecule has 4 heteroatoms. The zero-order valence-electron chi connectivity index (χ0n) is 14.9. The van der Waals surface area contributed by atoms with E-state index in [4.69, 9.17) is 5.10 Å². The number of nitrogens with zero attached hydrogens (tertiary/aromatic N) is 2. The van der Waals surface area contributed by atoms with Crippen molar-refractivity contribution in [1.29, 1.82) is 0 Å². The Morgan fingerprint density at radius 1 is 1.08 bits per heavy atom. The molecule has 1 aromatic heterocycles. The number of hydrogen-bond acceptors (Lipinski definition) is 2. The molecule has 0 spiro atoms. The summed E-state index contributed by atoms with van der Waals surface area (Å²) < 4.78 is 1.84. The molecule has 0 fully saturated rings. The average molecular weight is 333 g/mol. The smallest absolute Gasteiger partial charge is 0.255 e. The Labute approximate surface area is 148 Å². The molecule has 4 nitrogen and oxygen atoms in total. The lowest BCUT2D eigenvalue weighted by Gasteiger charge is -2.12. The van der Waals surface area contributed by atoms with Crippen LogP contribution in [0.4, 0.5) is 0 Å². The minimum Gasteiger partial charge on any atom is -0.349 e. The fraction of sp³-hybridized carbons (Fsp3) is 0.238. The first-order valence-electron chi connectivity index (χ1n) is 8.63. The highest BCUT2D eigenvalue weighted by Gasteiger charge is 2.23. The number of hydrogen-bond donors (Lipinski definition) is 1. The molecular weight excluding hydrogens is 310 g/mol. The Hall–Kier alpha value is -2.88. The van der Waals surface area contributed by atoms with E-state index < -0.39 is 0 Å². The molecule has 128 valence electrons. The number of carbonyl (C=O) groups is 1. The Morgan fingerprint density at radius 2 is 1.68 bits per heavy atom. The van der Waals surface area contributed by atoms with Gasteiger partial charge in [-0.05, 0) is 32.4 Å². The molecule has 2 aromatic carbocycles. The van der Waals surface area contributed by atoms with E-state index in [1.807, 2.05) is 79.2 Å². The number of para-hydroxylation sites is 1. The van der Waals surface area contributed by atoms with Gasteiger partial charge in [0.2, 0.25) is 0 Å². The van der Waals surface area contributed by atoms with Gasteiger partial charge in [-0.3, -0.25) is 4.79 Å². The molecule has 25 heavy (non-hydrogen) atoms. The van der Waals surface area contributed by atoms with Crippen LogP contribution in [0.25, 0.3) is 16.9 Å². The van der Waals surface area contributed by atoms with Gasteiger partial charge >= 0.3 is 0 Å². The molecular formula is C21H23N3O. The molecule has 3 rings (SSSR count). The summed E-state index contributed by atoms with van der Waals surface area (Å²) in [4.78, 5) is 12.9. The molecule has 0 bridgehead atoms. The average Bonchev–Trinajstić information content (AvgIpc) is 3.00. The molecule has 1 atom stereocenters. The predicted molar refractivity (Wildman–Crippen MR) is 101 cm³/mol. The minimum absolute atomic E-state index is 0.0760. The van der Waals surface area contributed by atoms with Crippen LogP contribution in [0.2, 0.25) is 0 Å². The fourth-order valence-electron chi connectivity index (χ4n) is 2.79. The van der Waals surface area contributed by atoms with E-state index in [1.165, 1.54) is 0 Å². The molecule has 0 radical (unpaired) electrons. The number of benzene rings is 2. The van der Waals surface area contributed by atoms with Gasteiger partial charge in [0, 0.05) is 11.6 Å². The summed E-state index contributed by atoms with van der Waals surface area (Å²) in [6, 6.07) is 19.9. The van der Waals surface area contributed by atoms with Gasteiger partial charge in [-0.15, -0.1) is 0 Å². The highest BCUT2D eigenvalue weighted by molar-refractivity contribution is 6.01. The summed E-state index contributed by atoms with van der Waals surface area (Å²) in [5, 5.41) is 7.83. The maximum absolute atomic E-state index is 12.9. The summed E-state index contributed by atoms with van der Waals surface area (Å²) in [7, 11) is 0. The van der Waals surface area contributed by atoms with E-state index >= 15 is 0 Å². The van der Waals surface area contributed by atoms with Crippen molar-refractivity contribution in [1.82, 2.24) is 15.1 Å². The zero-order valence-corrected chi connectivity index (χ0v) is 14.9. The normalized spacial score (nSPS) is 12.0. The Morgan fingerprint density at radius 3 is 2.28 bits per heavy atom. The van der Waals surface area contributed by atoms with Crippen LogP contribution in [0.3, 0.4) is 0 Å². The molecule has 1 heterocycles. The zero-order chi connectivity index (χ0) is 17.8. The van der Waals surface area contributed by atoms with Gasteiger partial charge in [0.25, 0.3) is 5.91 Å². The first-order valence-corrected chi connectivity index (χ1v) is 8.63. The van der Waals surface area contributed by atoms with Crippen LogP contribution in [0.5, 0.6) is 0 Å². The number of nitrogens with one attached hydrogen (secondary N) is 1. The Kier molecular flexibility index (Phi) is 4.98. The maximum atomic E-state index is 12.9. The molecule has 1 unspecified atom stereocenters. The molecule has 0 saturated carbocycles. The number of carbonyl (C=O) groups excluding carboxylic acids is 1. The lowest BCUT2D eigenvalue weighted by Crippen LogP contribution is -2.32. The van der Waals surface area contributed by atoms with Crippen LogP contribution in [-0.2, 0) is 0 Å². The SMILES string of the molecule is CCC(C)NC(=O)c1c(-c2ccccc2)nn(-c2ccccc2)c1C. The summed E-state index contributed by atoms with van der Waals surface area (Å²) >= 11 is 0. The monoisotopic (exact) mass is 333 g/mol. The Bertz CT molecular complexity index is 854. The molecule has 0 saturated heterocycles. The van der Waals surface area contributed by atoms with Crippen LogP contribution < -0.4 is 5.32 Å². The van der Waals surface area contributed by atoms with Crippen molar-refractivity contribution in [3.63, 3.8) is 0 Å². The minimum atomic E-state index is -0.0760. The summed E-state index contributed by atoms with van der Waals surface area (Å²) in [6.45, 7) is 6.01. The van der Waals surface area contributed by atoms with Crippen molar-refractivity contribution in [3.8, 4) is 16.9 Å². The van der Waals surface area contributed by atoms with Crippen molar-refractivity contribution in [2.75, 3.05) is 0 Å². The predicted octanol–water partition coefficient (Wildman–Crippen LogP) is 4.38. The lowest BCUT2D eigenvalue weighted by atomic mass is 10.0. The molecule has 0 aliphatic carbocycles. The van der Waals surface area contributed by atoms with E-state index in [0.717, 1.165) is 23.4 Å². The maximum Gasteiger partial charge on any atom is 0.255 e. The molecule has 1 N–H and O–H groups in total. The van der Waals surface area contributed by atoms with E-state index in [0.29, 0.717) is 11.3 Å². The van der Waals surface area contributed by atoms with Gasteiger partial charge in [0.15, 0.2) is 0 Å². The van der Waals surface area contributed by atoms with E-state index in [9.17, 15) is 4.79 Å². The van der Waals surface area contributed by atoms with Gasteiger partial charge < -0.3 is 5.32 Å². The van der Waals surface area contributed by atoms with Crippen LogP contribution in [-0.4, -0.2) is 21.7 Å². The molecule has 3 aromatic rings. The van der Waals surface area contributed by atoms with Crippen molar-refractivity contribution < 1.29 is 4.79 Å². The highest BCUT2D eigenvalue weighted by Crippen LogP contribution is 2.27. The fourth-order valence-corrected chi connectivity index (χ4v) is 2.79. The molecule has 1 amide bonds. The standard InChI is InChI=1S/C21H23N3O/c1-4-15(2)22-21(25)19-16(3)24(18-13-9-6-10-14-18)23-20(19)17-11-7-5-8-12-17/h5-15H,4H2,1-3H3,(H,22,25). The second-order valence-electron chi connectivity index (χ2n) is 6.21. The van der Waals surface area contributed by atoms with Crippen molar-refractivity contribution in [3.05, 3.63) is 71.9 Å². The summed E-state index contributed by atoms with van der Waals surface area (Å²) in [5.41, 5.74) is 4.07. The van der Waals surface area contributed by atoms with Crippen molar-refractivity contribution in [2.24, 2.45) is 0 Å². The first kappa shape index (κ1) is 17.0. The van der Waals surface area contributed by atoms with E-state index in [1.54, 1.807) is 0 Å². The lowest BCUT2D eigenvalue weighted by molar-refractivity contribution is 0.0939. The van der Waals surface area contributed by atoms with Crippen LogP contribution >= 0.6 is 0 Å². The highest BCUT2D eigenvalue weighted by atomic mass is 16.1. The molecule has 0 aliphatic heterocycles. The number of aromatic nitrogens is 2. The van der Waals surface area contributed by atoms with Gasteiger partial charge in [-0.1, -0.05) is 55.5 Å². The largest absolute Gasteiger partial charge is 0.349 e. The third-order valence-corrected chi connectivity index (χ3v) is 4.38. The quantitative estimate of drug-likeness (QED) is 0.753.